The summed E-state index contributed by atoms with van der Waals surface area (Å²) in [7, 11) is 0. The van der Waals surface area contributed by atoms with Crippen LogP contribution < -0.4 is 0 Å². The molecular formula is C16HF25O. The molecular weight excluding hydrogens is 683 g/mol. The van der Waals surface area contributed by atoms with Crippen molar-refractivity contribution in [3.05, 3.63) is 28.8 Å². The van der Waals surface area contributed by atoms with E-state index in [0.717, 1.165) is 0 Å². The number of hydrogen-bond acceptors (Lipinski definition) is 1. The molecule has 0 saturated heterocycles. The lowest BCUT2D eigenvalue weighted by atomic mass is 9.85. The second-order valence-corrected chi connectivity index (χ2v) is 7.65. The van der Waals surface area contributed by atoms with E-state index in [1.165, 1.54) is 0 Å². The Kier molecular flexibility index (Phi) is 8.33. The van der Waals surface area contributed by atoms with Crippen LogP contribution in [-0.4, -0.2) is 58.7 Å². The van der Waals surface area contributed by atoms with E-state index in [9.17, 15) is 110 Å². The van der Waals surface area contributed by atoms with Crippen molar-refractivity contribution in [1.82, 2.24) is 0 Å². The number of phenolic OH excluding ortho intramolecular Hbond substituents is 1. The van der Waals surface area contributed by atoms with Crippen molar-refractivity contribution in [3.8, 4) is 5.75 Å². The molecule has 1 N–H and O–H groups in total. The Labute approximate surface area is 210 Å². The van der Waals surface area contributed by atoms with Crippen LogP contribution in [0.2, 0.25) is 0 Å². The molecule has 0 saturated carbocycles. The van der Waals surface area contributed by atoms with Gasteiger partial charge in [0.15, 0.2) is 17.4 Å². The minimum absolute atomic E-state index is 3.06. The van der Waals surface area contributed by atoms with Gasteiger partial charge in [0.05, 0.1) is 0 Å². The van der Waals surface area contributed by atoms with E-state index >= 15 is 0 Å². The molecule has 1 rings (SSSR count). The van der Waals surface area contributed by atoms with Crippen molar-refractivity contribution in [2.75, 3.05) is 0 Å². The number of phenols is 1. The normalized spacial score (nSPS) is 15.8. The van der Waals surface area contributed by atoms with Gasteiger partial charge in [-0.15, -0.1) is 0 Å². The maximum Gasteiger partial charge on any atom is 0.460 e. The minimum atomic E-state index is -9.53. The van der Waals surface area contributed by atoms with Crippen LogP contribution in [0.4, 0.5) is 110 Å². The first kappa shape index (κ1) is 37.3. The third kappa shape index (κ3) is 4.18. The molecule has 1 aromatic carbocycles. The quantitative estimate of drug-likeness (QED) is 0.204. The van der Waals surface area contributed by atoms with Crippen LogP contribution in [0.15, 0.2) is 0 Å². The number of hydrogen-bond donors (Lipinski definition) is 1. The van der Waals surface area contributed by atoms with Gasteiger partial charge in [0, 0.05) is 0 Å². The average Bonchev–Trinajstić information content (AvgIpc) is 2.79. The summed E-state index contributed by atoms with van der Waals surface area (Å²) in [4.78, 5) is 0. The van der Waals surface area contributed by atoms with Crippen molar-refractivity contribution in [2.24, 2.45) is 0 Å². The van der Waals surface area contributed by atoms with Gasteiger partial charge in [-0.1, -0.05) is 0 Å². The second-order valence-electron chi connectivity index (χ2n) is 7.65. The van der Waals surface area contributed by atoms with Gasteiger partial charge < -0.3 is 5.11 Å². The van der Waals surface area contributed by atoms with Crippen molar-refractivity contribution >= 4 is 0 Å². The summed E-state index contributed by atoms with van der Waals surface area (Å²) >= 11 is 0. The summed E-state index contributed by atoms with van der Waals surface area (Å²) in [5, 5.41) is 8.53. The van der Waals surface area contributed by atoms with Gasteiger partial charge in [0.25, 0.3) is 0 Å². The molecule has 246 valence electrons. The van der Waals surface area contributed by atoms with Gasteiger partial charge in [-0.3, -0.25) is 0 Å². The van der Waals surface area contributed by atoms with Crippen LogP contribution in [0.3, 0.4) is 0 Å². The molecule has 42 heavy (non-hydrogen) atoms. The Hall–Kier alpha value is -2.73. The smallest absolute Gasteiger partial charge is 0.460 e. The predicted molar refractivity (Wildman–Crippen MR) is 77.5 cm³/mol. The highest BCUT2D eigenvalue weighted by molar-refractivity contribution is 5.37. The summed E-state index contributed by atoms with van der Waals surface area (Å²) < 4.78 is 333. The van der Waals surface area contributed by atoms with Crippen molar-refractivity contribution < 1.29 is 115 Å². The van der Waals surface area contributed by atoms with E-state index in [1.54, 1.807) is 0 Å². The number of halogens is 25. The SMILES string of the molecule is Oc1c(F)c(F)c(C(F)(F)C(F)(F)C(F)(F)C(F)(F)C(F)(F)C(F)(F)C(F)(F)C(F)(F)C(F)(F)C(F)(F)F)c(F)c1F. The fourth-order valence-corrected chi connectivity index (χ4v) is 2.61. The highest BCUT2D eigenvalue weighted by Crippen LogP contribution is 2.67. The van der Waals surface area contributed by atoms with Crippen LogP contribution in [0.5, 0.6) is 5.75 Å². The van der Waals surface area contributed by atoms with Crippen molar-refractivity contribution in [1.29, 1.82) is 0 Å². The maximum absolute atomic E-state index is 14.0. The Bertz CT molecular complexity index is 1180. The number of alkyl halides is 21. The summed E-state index contributed by atoms with van der Waals surface area (Å²) in [6.45, 7) is 0. The van der Waals surface area contributed by atoms with Gasteiger partial charge in [-0.25, -0.2) is 8.78 Å². The Morgan fingerprint density at radius 1 is 0.310 bits per heavy atom. The van der Waals surface area contributed by atoms with Crippen LogP contribution >= 0.6 is 0 Å². The lowest BCUT2D eigenvalue weighted by molar-refractivity contribution is -0.475. The molecule has 0 unspecified atom stereocenters. The van der Waals surface area contributed by atoms with Gasteiger partial charge >= 0.3 is 59.5 Å². The zero-order valence-corrected chi connectivity index (χ0v) is 17.9. The fourth-order valence-electron chi connectivity index (χ4n) is 2.61. The molecule has 0 bridgehead atoms. The van der Waals surface area contributed by atoms with Gasteiger partial charge in [0.1, 0.15) is 5.56 Å². The fraction of sp³-hybridized carbons (Fsp3) is 0.625. The third-order valence-electron chi connectivity index (χ3n) is 5.06. The summed E-state index contributed by atoms with van der Waals surface area (Å²) in [6, 6.07) is 0. The zero-order valence-electron chi connectivity index (χ0n) is 17.9. The molecule has 0 aliphatic carbocycles. The van der Waals surface area contributed by atoms with Gasteiger partial charge in [-0.05, 0) is 0 Å². The molecule has 0 fully saturated rings. The second kappa shape index (κ2) is 9.38. The summed E-state index contributed by atoms with van der Waals surface area (Å²) in [6.07, 6.45) is -8.16. The molecule has 0 heterocycles. The molecule has 0 aromatic heterocycles. The van der Waals surface area contributed by atoms with Gasteiger partial charge in [-0.2, -0.15) is 101 Å². The molecule has 1 nitrogen and oxygen atoms in total. The first-order chi connectivity index (χ1) is 17.9. The standard InChI is InChI=1S/C16HF25O/c17-2-1(3(18)5(20)6(42)4(2)19)7(21,22)8(23,24)9(25,26)10(27,28)11(29,30)12(31,32)13(33,34)14(35,36)15(37,38)16(39,40)41/h42H. The first-order valence-electron chi connectivity index (χ1n) is 8.95. The number of benzene rings is 1. The largest absolute Gasteiger partial charge is 0.503 e. The van der Waals surface area contributed by atoms with E-state index in [2.05, 4.69) is 0 Å². The first-order valence-corrected chi connectivity index (χ1v) is 8.95. The highest BCUT2D eigenvalue weighted by atomic mass is 19.4. The zero-order chi connectivity index (χ0) is 34.5. The van der Waals surface area contributed by atoms with E-state index < -0.39 is 94.1 Å². The minimum Gasteiger partial charge on any atom is -0.503 e. The maximum atomic E-state index is 14.0. The highest BCUT2D eigenvalue weighted by Gasteiger charge is 2.98. The van der Waals surface area contributed by atoms with Gasteiger partial charge in [0.2, 0.25) is 11.6 Å². The predicted octanol–water partition coefficient (Wildman–Crippen LogP) is 8.69. The van der Waals surface area contributed by atoms with Crippen molar-refractivity contribution in [2.45, 2.75) is 59.5 Å². The summed E-state index contributed by atoms with van der Waals surface area (Å²) in [5.74, 6) is -100. The third-order valence-corrected chi connectivity index (χ3v) is 5.06. The molecule has 0 atom stereocenters. The number of rotatable bonds is 9. The van der Waals surface area contributed by atoms with E-state index in [4.69, 9.17) is 5.11 Å². The molecule has 1 aromatic rings. The van der Waals surface area contributed by atoms with Crippen LogP contribution in [0.25, 0.3) is 0 Å². The molecule has 0 amide bonds. The van der Waals surface area contributed by atoms with Crippen LogP contribution in [0.1, 0.15) is 5.56 Å². The van der Waals surface area contributed by atoms with E-state index in [-0.39, 0.29) is 0 Å². The van der Waals surface area contributed by atoms with E-state index in [0.29, 0.717) is 0 Å². The lowest BCUT2D eigenvalue weighted by Crippen LogP contribution is -2.76. The average molecular weight is 684 g/mol. The molecule has 26 heteroatoms. The molecule has 0 aliphatic heterocycles. The topological polar surface area (TPSA) is 20.2 Å². The molecule has 0 spiro atoms. The van der Waals surface area contributed by atoms with Crippen molar-refractivity contribution in [3.63, 3.8) is 0 Å². The Balaban J connectivity index is 4.01. The van der Waals surface area contributed by atoms with Crippen LogP contribution in [-0.2, 0) is 5.92 Å². The molecule has 0 radical (unpaired) electrons. The lowest BCUT2D eigenvalue weighted by Gasteiger charge is -2.44. The molecule has 0 aliphatic rings. The Morgan fingerprint density at radius 3 is 0.762 bits per heavy atom. The van der Waals surface area contributed by atoms with E-state index in [1.807, 2.05) is 0 Å². The van der Waals surface area contributed by atoms with Crippen LogP contribution in [0, 0.1) is 23.3 Å². The number of aromatic hydroxyl groups is 1. The monoisotopic (exact) mass is 684 g/mol. The Morgan fingerprint density at radius 2 is 0.524 bits per heavy atom. The summed E-state index contributed by atoms with van der Waals surface area (Å²) in [5.41, 5.74) is -4.51.